The number of hydrogen-bond acceptors (Lipinski definition) is 4. The summed E-state index contributed by atoms with van der Waals surface area (Å²) in [6.07, 6.45) is 0.390. The number of aromatic amines is 1. The van der Waals surface area contributed by atoms with Crippen molar-refractivity contribution in [1.29, 1.82) is 0 Å². The topological polar surface area (TPSA) is 70.2 Å². The number of carbonyl (C=O) groups excluding carboxylic acids is 1. The van der Waals surface area contributed by atoms with Crippen LogP contribution in [0.1, 0.15) is 28.6 Å². The number of aryl methyl sites for hydroxylation is 2. The van der Waals surface area contributed by atoms with Crippen molar-refractivity contribution >= 4 is 5.91 Å². The fourth-order valence-corrected chi connectivity index (χ4v) is 3.21. The standard InChI is InChI=1S/C18H24N4O2/c1-12-16(13(2)21-20-12)10-18(23)22-9-8-19-11-17(22)14-4-6-15(24-3)7-5-14/h4-7,17,19H,8-11H2,1-3H3,(H,20,21)/t17-/m1/s1. The maximum atomic E-state index is 12.9. The molecule has 0 spiro atoms. The summed E-state index contributed by atoms with van der Waals surface area (Å²) in [5, 5.41) is 10.5. The van der Waals surface area contributed by atoms with Gasteiger partial charge in [0.2, 0.25) is 5.91 Å². The number of ether oxygens (including phenoxy) is 1. The van der Waals surface area contributed by atoms with E-state index < -0.39 is 0 Å². The van der Waals surface area contributed by atoms with Gasteiger partial charge in [0.15, 0.2) is 0 Å². The summed E-state index contributed by atoms with van der Waals surface area (Å²) in [6, 6.07) is 7.99. The first-order chi connectivity index (χ1) is 11.6. The highest BCUT2D eigenvalue weighted by atomic mass is 16.5. The number of benzene rings is 1. The Bertz CT molecular complexity index is 689. The number of methoxy groups -OCH3 is 1. The number of carbonyl (C=O) groups is 1. The third kappa shape index (κ3) is 3.28. The molecule has 0 saturated carbocycles. The average molecular weight is 328 g/mol. The first kappa shape index (κ1) is 16.5. The number of hydrogen-bond donors (Lipinski definition) is 2. The van der Waals surface area contributed by atoms with Gasteiger partial charge in [-0.1, -0.05) is 12.1 Å². The van der Waals surface area contributed by atoms with E-state index in [1.165, 1.54) is 0 Å². The molecule has 0 aliphatic carbocycles. The van der Waals surface area contributed by atoms with Crippen molar-refractivity contribution in [3.05, 3.63) is 46.8 Å². The summed E-state index contributed by atoms with van der Waals surface area (Å²) >= 11 is 0. The normalized spacial score (nSPS) is 17.8. The molecule has 3 rings (SSSR count). The molecule has 1 fully saturated rings. The second kappa shape index (κ2) is 7.05. The Balaban J connectivity index is 1.79. The van der Waals surface area contributed by atoms with Crippen molar-refractivity contribution in [3.63, 3.8) is 0 Å². The summed E-state index contributed by atoms with van der Waals surface area (Å²) in [5.41, 5.74) is 4.00. The predicted molar refractivity (Wildman–Crippen MR) is 92.1 cm³/mol. The summed E-state index contributed by atoms with van der Waals surface area (Å²) < 4.78 is 5.22. The van der Waals surface area contributed by atoms with Gasteiger partial charge in [0, 0.05) is 30.9 Å². The highest BCUT2D eigenvalue weighted by Crippen LogP contribution is 2.25. The van der Waals surface area contributed by atoms with Gasteiger partial charge in [-0.05, 0) is 31.5 Å². The number of aromatic nitrogens is 2. The van der Waals surface area contributed by atoms with Gasteiger partial charge in [-0.25, -0.2) is 0 Å². The molecule has 1 aliphatic heterocycles. The molecule has 1 amide bonds. The van der Waals surface area contributed by atoms with E-state index in [1.807, 2.05) is 43.0 Å². The molecule has 6 nitrogen and oxygen atoms in total. The van der Waals surface area contributed by atoms with Crippen molar-refractivity contribution in [2.45, 2.75) is 26.3 Å². The van der Waals surface area contributed by atoms with Gasteiger partial charge in [-0.15, -0.1) is 0 Å². The SMILES string of the molecule is COc1ccc([C@H]2CNCCN2C(=O)Cc2c(C)n[nH]c2C)cc1. The molecule has 1 atom stereocenters. The van der Waals surface area contributed by atoms with Gasteiger partial charge in [0.25, 0.3) is 0 Å². The smallest absolute Gasteiger partial charge is 0.227 e. The van der Waals surface area contributed by atoms with Crippen LogP contribution in [0.4, 0.5) is 0 Å². The first-order valence-electron chi connectivity index (χ1n) is 8.24. The molecule has 6 heteroatoms. The lowest BCUT2D eigenvalue weighted by Crippen LogP contribution is -2.49. The lowest BCUT2D eigenvalue weighted by molar-refractivity contribution is -0.133. The Morgan fingerprint density at radius 3 is 2.71 bits per heavy atom. The molecule has 0 unspecified atom stereocenters. The zero-order chi connectivity index (χ0) is 17.1. The van der Waals surface area contributed by atoms with Crippen molar-refractivity contribution in [2.75, 3.05) is 26.7 Å². The van der Waals surface area contributed by atoms with E-state index in [0.717, 1.165) is 41.4 Å². The van der Waals surface area contributed by atoms with Gasteiger partial charge in [0.1, 0.15) is 5.75 Å². The van der Waals surface area contributed by atoms with Crippen LogP contribution in [0.25, 0.3) is 0 Å². The third-order valence-electron chi connectivity index (χ3n) is 4.67. The quantitative estimate of drug-likeness (QED) is 0.897. The van der Waals surface area contributed by atoms with Crippen LogP contribution in [0.3, 0.4) is 0 Å². The highest BCUT2D eigenvalue weighted by Gasteiger charge is 2.28. The number of amides is 1. The van der Waals surface area contributed by atoms with E-state index in [4.69, 9.17) is 4.74 Å². The number of piperazine rings is 1. The van der Waals surface area contributed by atoms with E-state index >= 15 is 0 Å². The maximum Gasteiger partial charge on any atom is 0.227 e. The fraction of sp³-hybridized carbons (Fsp3) is 0.444. The van der Waals surface area contributed by atoms with E-state index in [-0.39, 0.29) is 11.9 Å². The molecule has 2 heterocycles. The molecular weight excluding hydrogens is 304 g/mol. The molecule has 0 radical (unpaired) electrons. The molecule has 2 N–H and O–H groups in total. The van der Waals surface area contributed by atoms with Crippen LogP contribution in [0.2, 0.25) is 0 Å². The second-order valence-corrected chi connectivity index (χ2v) is 6.17. The molecule has 1 saturated heterocycles. The van der Waals surface area contributed by atoms with Crippen LogP contribution in [-0.2, 0) is 11.2 Å². The number of nitrogens with one attached hydrogen (secondary N) is 2. The van der Waals surface area contributed by atoms with E-state index in [9.17, 15) is 4.79 Å². The molecule has 1 aromatic carbocycles. The molecule has 1 aromatic heterocycles. The minimum atomic E-state index is 0.0460. The van der Waals surface area contributed by atoms with Gasteiger partial charge < -0.3 is 15.0 Å². The van der Waals surface area contributed by atoms with Crippen LogP contribution in [-0.4, -0.2) is 47.7 Å². The van der Waals surface area contributed by atoms with Crippen LogP contribution in [0, 0.1) is 13.8 Å². The summed E-state index contributed by atoms with van der Waals surface area (Å²) in [5.74, 6) is 0.968. The molecule has 2 aromatic rings. The van der Waals surface area contributed by atoms with E-state index in [2.05, 4.69) is 15.5 Å². The molecular formula is C18H24N4O2. The van der Waals surface area contributed by atoms with Crippen LogP contribution < -0.4 is 10.1 Å². The fourth-order valence-electron chi connectivity index (χ4n) is 3.21. The van der Waals surface area contributed by atoms with Crippen molar-refractivity contribution in [1.82, 2.24) is 20.4 Å². The number of H-pyrrole nitrogens is 1. The monoisotopic (exact) mass is 328 g/mol. The minimum absolute atomic E-state index is 0.0460. The highest BCUT2D eigenvalue weighted by molar-refractivity contribution is 5.80. The molecule has 128 valence electrons. The van der Waals surface area contributed by atoms with Crippen LogP contribution >= 0.6 is 0 Å². The Kier molecular flexibility index (Phi) is 4.85. The van der Waals surface area contributed by atoms with Crippen molar-refractivity contribution < 1.29 is 9.53 Å². The minimum Gasteiger partial charge on any atom is -0.497 e. The molecule has 24 heavy (non-hydrogen) atoms. The summed E-state index contributed by atoms with van der Waals surface area (Å²) in [7, 11) is 1.66. The lowest BCUT2D eigenvalue weighted by Gasteiger charge is -2.36. The Hall–Kier alpha value is -2.34. The Morgan fingerprint density at radius 2 is 2.08 bits per heavy atom. The van der Waals surface area contributed by atoms with Gasteiger partial charge in [-0.3, -0.25) is 9.89 Å². The van der Waals surface area contributed by atoms with Gasteiger partial charge >= 0.3 is 0 Å². The number of nitrogens with zero attached hydrogens (tertiary/aromatic N) is 2. The maximum absolute atomic E-state index is 12.9. The molecule has 0 bridgehead atoms. The van der Waals surface area contributed by atoms with Gasteiger partial charge in [-0.2, -0.15) is 5.10 Å². The number of rotatable bonds is 4. The van der Waals surface area contributed by atoms with Crippen molar-refractivity contribution in [3.8, 4) is 5.75 Å². The first-order valence-corrected chi connectivity index (χ1v) is 8.24. The lowest BCUT2D eigenvalue weighted by atomic mass is 10.0. The van der Waals surface area contributed by atoms with E-state index in [0.29, 0.717) is 13.0 Å². The predicted octanol–water partition coefficient (Wildman–Crippen LogP) is 1.75. The molecule has 1 aliphatic rings. The van der Waals surface area contributed by atoms with Crippen LogP contribution in [0.5, 0.6) is 5.75 Å². The Labute approximate surface area is 142 Å². The summed E-state index contributed by atoms with van der Waals surface area (Å²) in [6.45, 7) is 6.20. The largest absolute Gasteiger partial charge is 0.497 e. The zero-order valence-corrected chi connectivity index (χ0v) is 14.4. The third-order valence-corrected chi connectivity index (χ3v) is 4.67. The second-order valence-electron chi connectivity index (χ2n) is 6.17. The summed E-state index contributed by atoms with van der Waals surface area (Å²) in [4.78, 5) is 14.9. The van der Waals surface area contributed by atoms with Crippen LogP contribution in [0.15, 0.2) is 24.3 Å². The van der Waals surface area contributed by atoms with Crippen molar-refractivity contribution in [2.24, 2.45) is 0 Å². The Morgan fingerprint density at radius 1 is 1.33 bits per heavy atom. The van der Waals surface area contributed by atoms with E-state index in [1.54, 1.807) is 7.11 Å². The van der Waals surface area contributed by atoms with Gasteiger partial charge in [0.05, 0.1) is 25.3 Å². The average Bonchev–Trinajstić information content (AvgIpc) is 2.93. The zero-order valence-electron chi connectivity index (χ0n) is 14.4.